The van der Waals surface area contributed by atoms with E-state index in [1.54, 1.807) is 24.4 Å². The molecule has 92 valence electrons. The number of carboxylic acid groups (broad SMARTS) is 1. The summed E-state index contributed by atoms with van der Waals surface area (Å²) in [5.41, 5.74) is 2.50. The van der Waals surface area contributed by atoms with Gasteiger partial charge in [-0.1, -0.05) is 12.6 Å². The van der Waals surface area contributed by atoms with Crippen molar-refractivity contribution in [2.75, 3.05) is 19.0 Å². The number of anilines is 1. The number of nitrogens with zero attached hydrogens (tertiary/aromatic N) is 2. The summed E-state index contributed by atoms with van der Waals surface area (Å²) in [6.45, 7) is 3.56. The van der Waals surface area contributed by atoms with Gasteiger partial charge in [0.1, 0.15) is 0 Å². The quantitative estimate of drug-likeness (QED) is 0.840. The van der Waals surface area contributed by atoms with Gasteiger partial charge in [-0.05, 0) is 23.8 Å². The summed E-state index contributed by atoms with van der Waals surface area (Å²) >= 11 is 0. The summed E-state index contributed by atoms with van der Waals surface area (Å²) in [6.07, 6.45) is 1.79. The first kappa shape index (κ1) is 12.1. The highest BCUT2D eigenvalue weighted by Crippen LogP contribution is 2.22. The molecule has 0 saturated carbocycles. The van der Waals surface area contributed by atoms with Crippen LogP contribution in [-0.2, 0) is 4.79 Å². The van der Waals surface area contributed by atoms with E-state index in [0.29, 0.717) is 5.56 Å². The van der Waals surface area contributed by atoms with Crippen molar-refractivity contribution in [3.05, 3.63) is 42.6 Å². The highest BCUT2D eigenvalue weighted by Gasteiger charge is 2.08. The van der Waals surface area contributed by atoms with Gasteiger partial charge in [-0.2, -0.15) is 0 Å². The predicted octanol–water partition coefficient (Wildman–Crippen LogP) is 2.40. The summed E-state index contributed by atoms with van der Waals surface area (Å²) in [6, 6.07) is 7.30. The number of aliphatic carboxylic acids is 1. The molecule has 0 aliphatic rings. The first-order valence-corrected chi connectivity index (χ1v) is 5.49. The van der Waals surface area contributed by atoms with E-state index in [4.69, 9.17) is 5.11 Å². The molecule has 2 rings (SSSR count). The van der Waals surface area contributed by atoms with Crippen LogP contribution < -0.4 is 4.90 Å². The molecular formula is C14H14N2O2. The van der Waals surface area contributed by atoms with Crippen molar-refractivity contribution in [2.24, 2.45) is 0 Å². The summed E-state index contributed by atoms with van der Waals surface area (Å²) < 4.78 is 0. The average Bonchev–Trinajstić information content (AvgIpc) is 2.36. The number of hydrogen-bond acceptors (Lipinski definition) is 3. The Morgan fingerprint density at radius 2 is 2.06 bits per heavy atom. The third-order valence-corrected chi connectivity index (χ3v) is 2.79. The number of carbonyl (C=O) groups is 1. The molecule has 1 heterocycles. The molecule has 0 unspecified atom stereocenters. The minimum Gasteiger partial charge on any atom is -0.478 e. The molecule has 0 spiro atoms. The molecule has 2 aromatic rings. The summed E-state index contributed by atoms with van der Waals surface area (Å²) in [7, 11) is 3.87. The Balaban J connectivity index is 2.55. The molecule has 0 saturated heterocycles. The normalized spacial score (nSPS) is 10.3. The zero-order valence-corrected chi connectivity index (χ0v) is 10.3. The van der Waals surface area contributed by atoms with Gasteiger partial charge in [-0.3, -0.25) is 4.98 Å². The average molecular weight is 242 g/mol. The lowest BCUT2D eigenvalue weighted by atomic mass is 10.0. The van der Waals surface area contributed by atoms with E-state index in [0.717, 1.165) is 16.6 Å². The van der Waals surface area contributed by atoms with Crippen LogP contribution in [0.15, 0.2) is 37.0 Å². The largest absolute Gasteiger partial charge is 0.478 e. The van der Waals surface area contributed by atoms with Crippen molar-refractivity contribution in [2.45, 2.75) is 0 Å². The molecule has 1 aromatic heterocycles. The monoisotopic (exact) mass is 242 g/mol. The topological polar surface area (TPSA) is 53.4 Å². The molecule has 0 radical (unpaired) electrons. The SMILES string of the molecule is C=C(C(=O)O)c1ccc2ncc(N(C)C)cc2c1. The third kappa shape index (κ3) is 2.18. The number of carboxylic acids is 1. The van der Waals surface area contributed by atoms with Gasteiger partial charge in [0.2, 0.25) is 0 Å². The van der Waals surface area contributed by atoms with Crippen LogP contribution in [0.2, 0.25) is 0 Å². The van der Waals surface area contributed by atoms with E-state index in [-0.39, 0.29) is 5.57 Å². The van der Waals surface area contributed by atoms with E-state index in [1.807, 2.05) is 25.1 Å². The predicted molar refractivity (Wildman–Crippen MR) is 72.7 cm³/mol. The summed E-state index contributed by atoms with van der Waals surface area (Å²) in [5.74, 6) is -1.01. The smallest absolute Gasteiger partial charge is 0.335 e. The lowest BCUT2D eigenvalue weighted by Gasteiger charge is -2.12. The Kier molecular flexibility index (Phi) is 3.02. The van der Waals surface area contributed by atoms with E-state index >= 15 is 0 Å². The van der Waals surface area contributed by atoms with Crippen LogP contribution >= 0.6 is 0 Å². The minimum atomic E-state index is -1.01. The fourth-order valence-corrected chi connectivity index (χ4v) is 1.68. The standard InChI is InChI=1S/C14H14N2O2/c1-9(14(17)18)10-4-5-13-11(6-10)7-12(8-15-13)16(2)3/h4-8H,1H2,2-3H3,(H,17,18). The van der Waals surface area contributed by atoms with Gasteiger partial charge in [0.25, 0.3) is 0 Å². The van der Waals surface area contributed by atoms with Crippen LogP contribution in [0.4, 0.5) is 5.69 Å². The number of rotatable bonds is 3. The second kappa shape index (κ2) is 4.49. The van der Waals surface area contributed by atoms with Gasteiger partial charge < -0.3 is 10.0 Å². The molecule has 4 nitrogen and oxygen atoms in total. The zero-order valence-electron chi connectivity index (χ0n) is 10.3. The Labute approximate surface area is 105 Å². The second-order valence-corrected chi connectivity index (χ2v) is 4.28. The van der Waals surface area contributed by atoms with Gasteiger partial charge in [-0.25, -0.2) is 4.79 Å². The van der Waals surface area contributed by atoms with Gasteiger partial charge >= 0.3 is 5.97 Å². The van der Waals surface area contributed by atoms with Crippen LogP contribution in [0.25, 0.3) is 16.5 Å². The number of aromatic nitrogens is 1. The second-order valence-electron chi connectivity index (χ2n) is 4.28. The van der Waals surface area contributed by atoms with Crippen LogP contribution in [0.3, 0.4) is 0 Å². The van der Waals surface area contributed by atoms with Gasteiger partial charge in [0.15, 0.2) is 0 Å². The minimum absolute atomic E-state index is 0.0900. The van der Waals surface area contributed by atoms with Gasteiger partial charge in [0.05, 0.1) is 23.0 Å². The van der Waals surface area contributed by atoms with E-state index in [2.05, 4.69) is 11.6 Å². The molecule has 1 aromatic carbocycles. The van der Waals surface area contributed by atoms with Crippen molar-refractivity contribution in [3.8, 4) is 0 Å². The zero-order chi connectivity index (χ0) is 13.3. The maximum atomic E-state index is 10.9. The van der Waals surface area contributed by atoms with Crippen LogP contribution in [0.5, 0.6) is 0 Å². The Morgan fingerprint density at radius 3 is 2.67 bits per heavy atom. The van der Waals surface area contributed by atoms with Crippen LogP contribution in [0.1, 0.15) is 5.56 Å². The fourth-order valence-electron chi connectivity index (χ4n) is 1.68. The maximum Gasteiger partial charge on any atom is 0.335 e. The van der Waals surface area contributed by atoms with Crippen molar-refractivity contribution < 1.29 is 9.90 Å². The highest BCUT2D eigenvalue weighted by molar-refractivity contribution is 6.15. The molecule has 1 N–H and O–H groups in total. The lowest BCUT2D eigenvalue weighted by Crippen LogP contribution is -2.08. The maximum absolute atomic E-state index is 10.9. The van der Waals surface area contributed by atoms with Crippen LogP contribution in [-0.4, -0.2) is 30.2 Å². The lowest BCUT2D eigenvalue weighted by molar-refractivity contribution is -0.130. The van der Waals surface area contributed by atoms with Gasteiger partial charge in [-0.15, -0.1) is 0 Å². The molecule has 0 fully saturated rings. The van der Waals surface area contributed by atoms with E-state index in [9.17, 15) is 4.79 Å². The Morgan fingerprint density at radius 1 is 1.33 bits per heavy atom. The molecule has 0 aliphatic heterocycles. The Hall–Kier alpha value is -2.36. The van der Waals surface area contributed by atoms with Crippen molar-refractivity contribution in [1.29, 1.82) is 0 Å². The molecule has 4 heteroatoms. The molecule has 0 atom stereocenters. The van der Waals surface area contributed by atoms with Crippen molar-refractivity contribution in [3.63, 3.8) is 0 Å². The van der Waals surface area contributed by atoms with Crippen LogP contribution in [0, 0.1) is 0 Å². The summed E-state index contributed by atoms with van der Waals surface area (Å²) in [5, 5.41) is 9.83. The first-order valence-electron chi connectivity index (χ1n) is 5.49. The molecule has 0 bridgehead atoms. The molecular weight excluding hydrogens is 228 g/mol. The molecule has 0 aliphatic carbocycles. The number of pyridine rings is 1. The van der Waals surface area contributed by atoms with Gasteiger partial charge in [0, 0.05) is 19.5 Å². The van der Waals surface area contributed by atoms with E-state index in [1.165, 1.54) is 0 Å². The first-order chi connectivity index (χ1) is 8.49. The Bertz CT molecular complexity index is 633. The van der Waals surface area contributed by atoms with Crippen molar-refractivity contribution in [1.82, 2.24) is 4.98 Å². The van der Waals surface area contributed by atoms with Crippen molar-refractivity contribution >= 4 is 28.1 Å². The number of fused-ring (bicyclic) bond motifs is 1. The summed E-state index contributed by atoms with van der Waals surface area (Å²) in [4.78, 5) is 17.2. The molecule has 18 heavy (non-hydrogen) atoms. The third-order valence-electron chi connectivity index (χ3n) is 2.79. The number of hydrogen-bond donors (Lipinski definition) is 1. The van der Waals surface area contributed by atoms with E-state index < -0.39 is 5.97 Å². The highest BCUT2D eigenvalue weighted by atomic mass is 16.4. The number of benzene rings is 1. The fraction of sp³-hybridized carbons (Fsp3) is 0.143. The molecule has 0 amide bonds.